The third-order valence-corrected chi connectivity index (χ3v) is 4.29. The maximum atomic E-state index is 5.75. The fourth-order valence-electron chi connectivity index (χ4n) is 2.80. The smallest absolute Gasteiger partial charge is 0.191 e. The molecule has 0 radical (unpaired) electrons. The number of para-hydroxylation sites is 2. The first kappa shape index (κ1) is 22.0. The Hall–Kier alpha value is -2.29. The molecule has 2 N–H and O–H groups in total. The lowest BCUT2D eigenvalue weighted by atomic mass is 10.2. The van der Waals surface area contributed by atoms with Crippen molar-refractivity contribution in [3.05, 3.63) is 59.9 Å². The molecule has 0 saturated heterocycles. The number of rotatable bonds is 7. The van der Waals surface area contributed by atoms with Gasteiger partial charge in [0.25, 0.3) is 0 Å². The van der Waals surface area contributed by atoms with E-state index in [4.69, 9.17) is 4.74 Å². The van der Waals surface area contributed by atoms with E-state index >= 15 is 0 Å². The lowest BCUT2D eigenvalue weighted by molar-refractivity contribution is 0.322. The lowest BCUT2D eigenvalue weighted by Gasteiger charge is -2.12. The Morgan fingerprint density at radius 3 is 2.57 bits per heavy atom. The van der Waals surface area contributed by atoms with Crippen molar-refractivity contribution in [2.45, 2.75) is 20.4 Å². The fraction of sp³-hybridized carbons (Fsp3) is 0.333. The van der Waals surface area contributed by atoms with E-state index in [0.717, 1.165) is 35.1 Å². The van der Waals surface area contributed by atoms with Crippen LogP contribution in [-0.4, -0.2) is 35.2 Å². The van der Waals surface area contributed by atoms with Crippen molar-refractivity contribution < 1.29 is 4.74 Å². The number of aliphatic imine (C=N–C) groups is 1. The molecule has 3 aromatic rings. The van der Waals surface area contributed by atoms with Crippen LogP contribution in [0.2, 0.25) is 0 Å². The summed E-state index contributed by atoms with van der Waals surface area (Å²) < 4.78 is 7.84. The van der Waals surface area contributed by atoms with Gasteiger partial charge in [-0.3, -0.25) is 0 Å². The third kappa shape index (κ3) is 5.85. The number of ether oxygens (including phenoxy) is 1. The summed E-state index contributed by atoms with van der Waals surface area (Å²) in [6, 6.07) is 16.2. The summed E-state index contributed by atoms with van der Waals surface area (Å²) in [5, 5.41) is 6.56. The number of benzene rings is 2. The van der Waals surface area contributed by atoms with Crippen LogP contribution in [0.3, 0.4) is 0 Å². The van der Waals surface area contributed by atoms with Crippen LogP contribution in [0.1, 0.15) is 18.3 Å². The number of hydrogen-bond donors (Lipinski definition) is 2. The monoisotopic (exact) mass is 493 g/mol. The van der Waals surface area contributed by atoms with Crippen LogP contribution >= 0.6 is 24.0 Å². The number of guanidine groups is 1. The van der Waals surface area contributed by atoms with Crippen molar-refractivity contribution in [3.63, 3.8) is 0 Å². The van der Waals surface area contributed by atoms with E-state index in [1.165, 1.54) is 5.56 Å². The Balaban J connectivity index is 0.00000280. The highest BCUT2D eigenvalue weighted by atomic mass is 127. The molecule has 0 atom stereocenters. The number of nitrogens with one attached hydrogen (secondary N) is 2. The van der Waals surface area contributed by atoms with Gasteiger partial charge >= 0.3 is 0 Å². The average Bonchev–Trinajstić information content (AvgIpc) is 3.00. The Bertz CT molecular complexity index is 905. The molecular formula is C21H28IN5O. The average molecular weight is 493 g/mol. The summed E-state index contributed by atoms with van der Waals surface area (Å²) in [5.74, 6) is 2.57. The number of fused-ring (bicyclic) bond motifs is 1. The Morgan fingerprint density at radius 1 is 1.11 bits per heavy atom. The fourth-order valence-corrected chi connectivity index (χ4v) is 2.80. The lowest BCUT2D eigenvalue weighted by Crippen LogP contribution is -2.39. The number of nitrogens with zero attached hydrogens (tertiary/aromatic N) is 3. The maximum Gasteiger partial charge on any atom is 0.191 e. The summed E-state index contributed by atoms with van der Waals surface area (Å²) in [6.07, 6.45) is 0. The minimum absolute atomic E-state index is 0. The first-order valence-corrected chi connectivity index (χ1v) is 9.29. The van der Waals surface area contributed by atoms with E-state index in [0.29, 0.717) is 19.7 Å². The van der Waals surface area contributed by atoms with Crippen LogP contribution < -0.4 is 15.4 Å². The van der Waals surface area contributed by atoms with Crippen molar-refractivity contribution in [1.82, 2.24) is 20.2 Å². The molecule has 3 rings (SSSR count). The summed E-state index contributed by atoms with van der Waals surface area (Å²) >= 11 is 0. The number of aromatic nitrogens is 2. The molecule has 7 heteroatoms. The molecule has 28 heavy (non-hydrogen) atoms. The standard InChI is InChI=1S/C21H27N5O.HI/c1-4-22-21(23-13-14-27-17-11-9-16(2)10-12-17)24-15-20-25-18-7-5-6-8-19(18)26(20)3;/h5-12H,4,13-15H2,1-3H3,(H2,22,23,24);1H. The zero-order valence-electron chi connectivity index (χ0n) is 16.6. The number of hydrogen-bond acceptors (Lipinski definition) is 3. The van der Waals surface area contributed by atoms with E-state index in [1.807, 2.05) is 49.5 Å². The minimum atomic E-state index is 0. The van der Waals surface area contributed by atoms with Crippen LogP contribution in [-0.2, 0) is 13.6 Å². The van der Waals surface area contributed by atoms with Crippen molar-refractivity contribution in [1.29, 1.82) is 0 Å². The Labute approximate surface area is 183 Å². The highest BCUT2D eigenvalue weighted by molar-refractivity contribution is 14.0. The van der Waals surface area contributed by atoms with Crippen LogP contribution in [0.5, 0.6) is 5.75 Å². The van der Waals surface area contributed by atoms with Gasteiger partial charge in [-0.05, 0) is 38.1 Å². The Morgan fingerprint density at radius 2 is 1.86 bits per heavy atom. The van der Waals surface area contributed by atoms with Gasteiger partial charge in [-0.25, -0.2) is 9.98 Å². The van der Waals surface area contributed by atoms with Crippen LogP contribution in [0.4, 0.5) is 0 Å². The molecule has 1 heterocycles. The highest BCUT2D eigenvalue weighted by Crippen LogP contribution is 2.14. The molecule has 0 fully saturated rings. The maximum absolute atomic E-state index is 5.75. The molecule has 150 valence electrons. The van der Waals surface area contributed by atoms with Gasteiger partial charge in [0.15, 0.2) is 5.96 Å². The molecule has 0 spiro atoms. The second-order valence-corrected chi connectivity index (χ2v) is 6.36. The molecule has 0 aliphatic carbocycles. The third-order valence-electron chi connectivity index (χ3n) is 4.29. The van der Waals surface area contributed by atoms with Gasteiger partial charge in [0.1, 0.15) is 24.7 Å². The highest BCUT2D eigenvalue weighted by Gasteiger charge is 2.07. The largest absolute Gasteiger partial charge is 0.492 e. The van der Waals surface area contributed by atoms with E-state index in [9.17, 15) is 0 Å². The first-order valence-electron chi connectivity index (χ1n) is 9.29. The number of halogens is 1. The minimum Gasteiger partial charge on any atom is -0.492 e. The van der Waals surface area contributed by atoms with Crippen molar-refractivity contribution in [2.24, 2.45) is 12.0 Å². The second kappa shape index (κ2) is 10.9. The van der Waals surface area contributed by atoms with Crippen LogP contribution in [0.25, 0.3) is 11.0 Å². The second-order valence-electron chi connectivity index (χ2n) is 6.36. The number of aryl methyl sites for hydroxylation is 2. The van der Waals surface area contributed by atoms with Gasteiger partial charge in [-0.15, -0.1) is 24.0 Å². The quantitative estimate of drug-likeness (QED) is 0.229. The molecule has 0 amide bonds. The van der Waals surface area contributed by atoms with Crippen molar-refractivity contribution >= 4 is 41.0 Å². The van der Waals surface area contributed by atoms with Gasteiger partial charge in [0.2, 0.25) is 0 Å². The predicted molar refractivity (Wildman–Crippen MR) is 126 cm³/mol. The summed E-state index contributed by atoms with van der Waals surface area (Å²) in [4.78, 5) is 9.31. The predicted octanol–water partition coefficient (Wildman–Crippen LogP) is 3.63. The van der Waals surface area contributed by atoms with Crippen LogP contribution in [0.15, 0.2) is 53.5 Å². The summed E-state index contributed by atoms with van der Waals surface area (Å²) in [6.45, 7) is 6.67. The van der Waals surface area contributed by atoms with Gasteiger partial charge in [-0.2, -0.15) is 0 Å². The molecule has 0 saturated carbocycles. The van der Waals surface area contributed by atoms with Gasteiger partial charge in [0.05, 0.1) is 17.6 Å². The molecular weight excluding hydrogens is 465 g/mol. The molecule has 0 aliphatic heterocycles. The molecule has 1 aromatic heterocycles. The molecule has 6 nitrogen and oxygen atoms in total. The summed E-state index contributed by atoms with van der Waals surface area (Å²) in [7, 11) is 2.02. The van der Waals surface area contributed by atoms with E-state index in [2.05, 4.69) is 45.1 Å². The van der Waals surface area contributed by atoms with Crippen molar-refractivity contribution in [3.8, 4) is 5.75 Å². The summed E-state index contributed by atoms with van der Waals surface area (Å²) in [5.41, 5.74) is 3.34. The van der Waals surface area contributed by atoms with Crippen LogP contribution in [0, 0.1) is 6.92 Å². The van der Waals surface area contributed by atoms with E-state index in [1.54, 1.807) is 0 Å². The SMILES string of the molecule is CCNC(=NCc1nc2ccccc2n1C)NCCOc1ccc(C)cc1.I. The molecule has 0 bridgehead atoms. The topological polar surface area (TPSA) is 63.5 Å². The van der Waals surface area contributed by atoms with Crippen molar-refractivity contribution in [2.75, 3.05) is 19.7 Å². The molecule has 2 aromatic carbocycles. The Kier molecular flexibility index (Phi) is 8.56. The number of imidazole rings is 1. The zero-order chi connectivity index (χ0) is 19.1. The zero-order valence-corrected chi connectivity index (χ0v) is 18.9. The molecule has 0 aliphatic rings. The van der Waals surface area contributed by atoms with Gasteiger partial charge in [0, 0.05) is 13.6 Å². The normalized spacial score (nSPS) is 11.2. The molecule has 0 unspecified atom stereocenters. The van der Waals surface area contributed by atoms with E-state index < -0.39 is 0 Å². The first-order chi connectivity index (χ1) is 13.2. The van der Waals surface area contributed by atoms with Gasteiger partial charge < -0.3 is 19.9 Å². The van der Waals surface area contributed by atoms with Gasteiger partial charge in [-0.1, -0.05) is 29.8 Å². The van der Waals surface area contributed by atoms with E-state index in [-0.39, 0.29) is 24.0 Å².